The smallest absolute Gasteiger partial charge is 0.150 e. The number of nitrogens with zero attached hydrogens (tertiary/aromatic N) is 1. The Labute approximate surface area is 106 Å². The van der Waals surface area contributed by atoms with Gasteiger partial charge in [-0.25, -0.2) is 4.98 Å². The molecule has 0 aliphatic heterocycles. The first-order chi connectivity index (χ1) is 8.22. The van der Waals surface area contributed by atoms with Gasteiger partial charge in [-0.05, 0) is 19.5 Å². The monoisotopic (exact) mass is 249 g/mol. The summed E-state index contributed by atoms with van der Waals surface area (Å²) < 4.78 is 0. The molecule has 90 valence electrons. The Hall–Kier alpha value is -1.32. The average Bonchev–Trinajstić information content (AvgIpc) is 2.68. The Morgan fingerprint density at radius 2 is 2.12 bits per heavy atom. The highest BCUT2D eigenvalue weighted by Gasteiger charge is 2.10. The lowest BCUT2D eigenvalue weighted by atomic mass is 10.1. The predicted molar refractivity (Wildman–Crippen MR) is 71.4 cm³/mol. The molecule has 1 aromatic heterocycles. The van der Waals surface area contributed by atoms with E-state index in [2.05, 4.69) is 28.3 Å². The summed E-state index contributed by atoms with van der Waals surface area (Å²) in [4.78, 5) is 7.67. The van der Waals surface area contributed by atoms with E-state index < -0.39 is 0 Å². The average molecular weight is 250 g/mol. The molecule has 0 amide bonds. The van der Waals surface area contributed by atoms with Gasteiger partial charge in [0, 0.05) is 18.5 Å². The molecule has 0 unspecified atom stereocenters. The highest BCUT2D eigenvalue weighted by molar-refractivity contribution is 6.30. The second-order valence-electron chi connectivity index (χ2n) is 4.02. The van der Waals surface area contributed by atoms with E-state index in [4.69, 9.17) is 11.6 Å². The van der Waals surface area contributed by atoms with Crippen LogP contribution in [0.5, 0.6) is 0 Å². The van der Waals surface area contributed by atoms with E-state index in [9.17, 15) is 0 Å². The molecule has 0 aliphatic rings. The van der Waals surface area contributed by atoms with Gasteiger partial charge < -0.3 is 10.3 Å². The predicted octanol–water partition coefficient (Wildman–Crippen LogP) is 2.80. The van der Waals surface area contributed by atoms with Crippen LogP contribution < -0.4 is 5.32 Å². The molecule has 2 N–H and O–H groups in total. The third-order valence-corrected chi connectivity index (χ3v) is 3.07. The fourth-order valence-corrected chi connectivity index (χ4v) is 2.00. The van der Waals surface area contributed by atoms with Crippen molar-refractivity contribution in [2.75, 3.05) is 13.6 Å². The number of aromatic amines is 1. The summed E-state index contributed by atoms with van der Waals surface area (Å²) in [7, 11) is 1.92. The lowest BCUT2D eigenvalue weighted by molar-refractivity contribution is 0.780. The number of rotatable bonds is 4. The number of benzene rings is 1. The van der Waals surface area contributed by atoms with Gasteiger partial charge in [-0.15, -0.1) is 0 Å². The number of likely N-dealkylation sites (N-methyl/N-ethyl adjacent to an activating group) is 1. The van der Waals surface area contributed by atoms with Gasteiger partial charge in [-0.2, -0.15) is 0 Å². The van der Waals surface area contributed by atoms with Crippen LogP contribution in [0.2, 0.25) is 5.15 Å². The maximum atomic E-state index is 6.11. The number of H-pyrrole nitrogens is 1. The molecule has 17 heavy (non-hydrogen) atoms. The van der Waals surface area contributed by atoms with Gasteiger partial charge in [-0.3, -0.25) is 0 Å². The molecule has 1 heterocycles. The zero-order chi connectivity index (χ0) is 12.3. The molecule has 2 rings (SSSR count). The van der Waals surface area contributed by atoms with Crippen LogP contribution in [-0.2, 0) is 6.42 Å². The van der Waals surface area contributed by atoms with Gasteiger partial charge in [0.2, 0.25) is 0 Å². The molecule has 0 aliphatic carbocycles. The number of hydrogen-bond donors (Lipinski definition) is 2. The number of nitrogens with one attached hydrogen (secondary N) is 2. The first kappa shape index (κ1) is 12.1. The molecule has 3 nitrogen and oxygen atoms in total. The molecule has 4 heteroatoms. The summed E-state index contributed by atoms with van der Waals surface area (Å²) in [6, 6.07) is 8.14. The largest absolute Gasteiger partial charge is 0.341 e. The van der Waals surface area contributed by atoms with Crippen molar-refractivity contribution in [1.82, 2.24) is 15.3 Å². The van der Waals surface area contributed by atoms with Crippen molar-refractivity contribution in [1.29, 1.82) is 0 Å². The first-order valence-electron chi connectivity index (χ1n) is 5.67. The molecule has 0 saturated heterocycles. The third kappa shape index (κ3) is 2.68. The van der Waals surface area contributed by atoms with E-state index in [0.29, 0.717) is 5.15 Å². The molecule has 0 saturated carbocycles. The first-order valence-corrected chi connectivity index (χ1v) is 6.05. The maximum Gasteiger partial charge on any atom is 0.150 e. The molecular formula is C13H16ClN3. The fourth-order valence-electron chi connectivity index (χ4n) is 1.77. The highest BCUT2D eigenvalue weighted by Crippen LogP contribution is 2.24. The van der Waals surface area contributed by atoms with Crippen LogP contribution >= 0.6 is 11.6 Å². The van der Waals surface area contributed by atoms with Gasteiger partial charge >= 0.3 is 0 Å². The number of imidazole rings is 1. The summed E-state index contributed by atoms with van der Waals surface area (Å²) in [5.41, 5.74) is 3.28. The minimum absolute atomic E-state index is 0.568. The van der Waals surface area contributed by atoms with Crippen molar-refractivity contribution in [3.05, 3.63) is 40.7 Å². The highest BCUT2D eigenvalue weighted by atomic mass is 35.5. The number of halogens is 1. The van der Waals surface area contributed by atoms with Crippen LogP contribution in [0.3, 0.4) is 0 Å². The Kier molecular flexibility index (Phi) is 3.82. The molecule has 1 aromatic carbocycles. The standard InChI is InChI=1S/C13H16ClN3/c1-9-5-3-4-6-10(9)13-16-11(7-8-15-2)12(14)17-13/h3-6,15H,7-8H2,1-2H3,(H,16,17). The van der Waals surface area contributed by atoms with E-state index in [0.717, 1.165) is 30.0 Å². The van der Waals surface area contributed by atoms with Crippen LogP contribution in [0.25, 0.3) is 11.4 Å². The van der Waals surface area contributed by atoms with E-state index in [1.165, 1.54) is 5.56 Å². The quantitative estimate of drug-likeness (QED) is 0.875. The fraction of sp³-hybridized carbons (Fsp3) is 0.308. The zero-order valence-electron chi connectivity index (χ0n) is 10.0. The molecule has 0 radical (unpaired) electrons. The van der Waals surface area contributed by atoms with E-state index in [1.807, 2.05) is 25.2 Å². The number of hydrogen-bond acceptors (Lipinski definition) is 2. The Morgan fingerprint density at radius 3 is 2.82 bits per heavy atom. The molecule has 0 fully saturated rings. The van der Waals surface area contributed by atoms with Crippen LogP contribution in [0.1, 0.15) is 11.3 Å². The third-order valence-electron chi connectivity index (χ3n) is 2.75. The van der Waals surface area contributed by atoms with Crippen LogP contribution in [0, 0.1) is 6.92 Å². The van der Waals surface area contributed by atoms with Gasteiger partial charge in [0.05, 0.1) is 5.69 Å². The van der Waals surface area contributed by atoms with Crippen molar-refractivity contribution in [2.45, 2.75) is 13.3 Å². The van der Waals surface area contributed by atoms with E-state index in [-0.39, 0.29) is 0 Å². The molecular weight excluding hydrogens is 234 g/mol. The van der Waals surface area contributed by atoms with Crippen LogP contribution in [-0.4, -0.2) is 23.6 Å². The molecule has 0 bridgehead atoms. The maximum absolute atomic E-state index is 6.11. The summed E-state index contributed by atoms with van der Waals surface area (Å²) in [6.45, 7) is 2.95. The summed E-state index contributed by atoms with van der Waals surface area (Å²) >= 11 is 6.11. The van der Waals surface area contributed by atoms with Crippen molar-refractivity contribution >= 4 is 11.6 Å². The van der Waals surface area contributed by atoms with Gasteiger partial charge in [-0.1, -0.05) is 35.9 Å². The summed E-state index contributed by atoms with van der Waals surface area (Å²) in [5.74, 6) is 0.846. The minimum Gasteiger partial charge on any atom is -0.341 e. The zero-order valence-corrected chi connectivity index (χ0v) is 10.8. The van der Waals surface area contributed by atoms with Gasteiger partial charge in [0.15, 0.2) is 5.15 Å². The van der Waals surface area contributed by atoms with Crippen LogP contribution in [0.15, 0.2) is 24.3 Å². The summed E-state index contributed by atoms with van der Waals surface area (Å²) in [6.07, 6.45) is 0.855. The number of aromatic nitrogens is 2. The molecule has 2 aromatic rings. The lowest BCUT2D eigenvalue weighted by Gasteiger charge is -2.01. The lowest BCUT2D eigenvalue weighted by Crippen LogP contribution is -2.10. The minimum atomic E-state index is 0.568. The molecule has 0 spiro atoms. The molecule has 0 atom stereocenters. The Balaban J connectivity index is 2.31. The van der Waals surface area contributed by atoms with Crippen molar-refractivity contribution in [2.24, 2.45) is 0 Å². The van der Waals surface area contributed by atoms with Crippen LogP contribution in [0.4, 0.5) is 0 Å². The summed E-state index contributed by atoms with van der Waals surface area (Å²) in [5, 5.41) is 3.67. The topological polar surface area (TPSA) is 40.7 Å². The second kappa shape index (κ2) is 5.34. The van der Waals surface area contributed by atoms with Gasteiger partial charge in [0.25, 0.3) is 0 Å². The Morgan fingerprint density at radius 1 is 1.35 bits per heavy atom. The second-order valence-corrected chi connectivity index (χ2v) is 4.38. The van der Waals surface area contributed by atoms with E-state index in [1.54, 1.807) is 0 Å². The SMILES string of the molecule is CNCCc1[nH]c(-c2ccccc2C)nc1Cl. The number of aryl methyl sites for hydroxylation is 1. The van der Waals surface area contributed by atoms with E-state index >= 15 is 0 Å². The van der Waals surface area contributed by atoms with Crippen molar-refractivity contribution in [3.63, 3.8) is 0 Å². The Bertz CT molecular complexity index is 505. The van der Waals surface area contributed by atoms with Crippen molar-refractivity contribution < 1.29 is 0 Å². The van der Waals surface area contributed by atoms with Crippen molar-refractivity contribution in [3.8, 4) is 11.4 Å². The normalized spacial score (nSPS) is 10.8. The van der Waals surface area contributed by atoms with Gasteiger partial charge in [0.1, 0.15) is 5.82 Å².